The van der Waals surface area contributed by atoms with Gasteiger partial charge in [0.1, 0.15) is 0 Å². The quantitative estimate of drug-likeness (QED) is 0.238. The lowest BCUT2D eigenvalue weighted by molar-refractivity contribution is 0.0280. The number of carbonyl (C=O) groups is 2. The van der Waals surface area contributed by atoms with E-state index in [0.29, 0.717) is 29.8 Å². The zero-order chi connectivity index (χ0) is 25.8. The van der Waals surface area contributed by atoms with E-state index in [-0.39, 0.29) is 16.2 Å². The molecule has 4 aromatic rings. The third-order valence-electron chi connectivity index (χ3n) is 6.35. The van der Waals surface area contributed by atoms with Gasteiger partial charge in [-0.15, -0.1) is 0 Å². The second kappa shape index (κ2) is 10.4. The first kappa shape index (κ1) is 24.5. The summed E-state index contributed by atoms with van der Waals surface area (Å²) in [7, 11) is -3.91. The Labute approximate surface area is 216 Å². The highest BCUT2D eigenvalue weighted by atomic mass is 32.2. The number of fused-ring (bicyclic) bond motifs is 1. The van der Waals surface area contributed by atoms with Gasteiger partial charge in [-0.25, -0.2) is 13.2 Å². The number of sulfonamides is 1. The third-order valence-corrected chi connectivity index (χ3v) is 8.16. The van der Waals surface area contributed by atoms with Crippen molar-refractivity contribution in [3.63, 3.8) is 0 Å². The van der Waals surface area contributed by atoms with Crippen LogP contribution in [0.25, 0.3) is 0 Å². The number of rotatable bonds is 7. The molecule has 0 N–H and O–H groups in total. The van der Waals surface area contributed by atoms with Crippen LogP contribution in [0.5, 0.6) is 0 Å². The van der Waals surface area contributed by atoms with Crippen molar-refractivity contribution in [3.8, 4) is 0 Å². The fraction of sp³-hybridized carbons (Fsp3) is 0.133. The number of aryl methyl sites for hydroxylation is 1. The maximum atomic E-state index is 13.6. The van der Waals surface area contributed by atoms with Crippen molar-refractivity contribution < 1.29 is 22.7 Å². The SMILES string of the molecule is O=C(OC(C(=O)c1ccccc1)c1ccccc1)c1cccc(S(=O)(=O)N2CCCc3ccccc32)c1. The molecule has 0 amide bonds. The van der Waals surface area contributed by atoms with Gasteiger partial charge in [0.05, 0.1) is 16.1 Å². The summed E-state index contributed by atoms with van der Waals surface area (Å²) in [5, 5.41) is 0. The normalized spacial score (nSPS) is 13.9. The Kier molecular flexibility index (Phi) is 6.88. The Bertz CT molecular complexity index is 1530. The zero-order valence-electron chi connectivity index (χ0n) is 20.0. The molecule has 0 fully saturated rings. The Morgan fingerprint density at radius 3 is 2.16 bits per heavy atom. The second-order valence-electron chi connectivity index (χ2n) is 8.76. The number of hydrogen-bond donors (Lipinski definition) is 0. The molecule has 0 aliphatic carbocycles. The summed E-state index contributed by atoms with van der Waals surface area (Å²) in [6.07, 6.45) is 0.341. The van der Waals surface area contributed by atoms with Gasteiger partial charge >= 0.3 is 5.97 Å². The van der Waals surface area contributed by atoms with E-state index in [1.54, 1.807) is 60.7 Å². The van der Waals surface area contributed by atoms with Gasteiger partial charge in [0, 0.05) is 17.7 Å². The highest BCUT2D eigenvalue weighted by Crippen LogP contribution is 2.32. The van der Waals surface area contributed by atoms with Crippen LogP contribution in [0.3, 0.4) is 0 Å². The van der Waals surface area contributed by atoms with E-state index >= 15 is 0 Å². The van der Waals surface area contributed by atoms with E-state index in [4.69, 9.17) is 4.74 Å². The van der Waals surface area contributed by atoms with Crippen LogP contribution in [0.4, 0.5) is 5.69 Å². The van der Waals surface area contributed by atoms with Crippen LogP contribution in [0.2, 0.25) is 0 Å². The van der Waals surface area contributed by atoms with Crippen molar-refractivity contribution in [1.82, 2.24) is 0 Å². The summed E-state index contributed by atoms with van der Waals surface area (Å²) < 4.78 is 34.3. The first-order chi connectivity index (χ1) is 17.9. The highest BCUT2D eigenvalue weighted by molar-refractivity contribution is 7.92. The van der Waals surface area contributed by atoms with Gasteiger partial charge in [0.2, 0.25) is 5.78 Å². The van der Waals surface area contributed by atoms with E-state index in [1.807, 2.05) is 24.3 Å². The fourth-order valence-corrected chi connectivity index (χ4v) is 6.08. The molecule has 1 unspecified atom stereocenters. The van der Waals surface area contributed by atoms with Crippen LogP contribution < -0.4 is 4.31 Å². The zero-order valence-corrected chi connectivity index (χ0v) is 20.8. The molecule has 0 radical (unpaired) electrons. The molecular formula is C30H25NO5S. The minimum absolute atomic E-state index is 0.00991. The van der Waals surface area contributed by atoms with Gasteiger partial charge in [0.25, 0.3) is 10.0 Å². The summed E-state index contributed by atoms with van der Waals surface area (Å²) in [4.78, 5) is 26.5. The average molecular weight is 512 g/mol. The molecule has 7 heteroatoms. The van der Waals surface area contributed by atoms with Crippen LogP contribution >= 0.6 is 0 Å². The number of ketones is 1. The molecule has 4 aromatic carbocycles. The number of hydrogen-bond acceptors (Lipinski definition) is 5. The first-order valence-corrected chi connectivity index (χ1v) is 13.4. The van der Waals surface area contributed by atoms with E-state index in [0.717, 1.165) is 12.0 Å². The van der Waals surface area contributed by atoms with Crippen molar-refractivity contribution in [3.05, 3.63) is 131 Å². The Morgan fingerprint density at radius 1 is 0.757 bits per heavy atom. The van der Waals surface area contributed by atoms with E-state index in [2.05, 4.69) is 0 Å². The molecule has 186 valence electrons. The minimum atomic E-state index is -3.91. The van der Waals surface area contributed by atoms with Crippen molar-refractivity contribution in [1.29, 1.82) is 0 Å². The van der Waals surface area contributed by atoms with Gasteiger partial charge < -0.3 is 4.74 Å². The van der Waals surface area contributed by atoms with Gasteiger partial charge in [0.15, 0.2) is 6.10 Å². The van der Waals surface area contributed by atoms with Crippen LogP contribution in [0.15, 0.2) is 114 Å². The van der Waals surface area contributed by atoms with Crippen LogP contribution in [0, 0.1) is 0 Å². The molecule has 0 saturated carbocycles. The van der Waals surface area contributed by atoms with Gasteiger partial charge in [-0.1, -0.05) is 84.9 Å². The van der Waals surface area contributed by atoms with Crippen molar-refractivity contribution >= 4 is 27.5 Å². The van der Waals surface area contributed by atoms with E-state index in [9.17, 15) is 18.0 Å². The molecule has 37 heavy (non-hydrogen) atoms. The lowest BCUT2D eigenvalue weighted by atomic mass is 10.00. The molecule has 0 bridgehead atoms. The number of anilines is 1. The van der Waals surface area contributed by atoms with Crippen molar-refractivity contribution in [2.75, 3.05) is 10.8 Å². The lowest BCUT2D eigenvalue weighted by Crippen LogP contribution is -2.35. The smallest absolute Gasteiger partial charge is 0.339 e. The van der Waals surface area contributed by atoms with Crippen LogP contribution in [0.1, 0.15) is 44.4 Å². The highest BCUT2D eigenvalue weighted by Gasteiger charge is 2.31. The monoisotopic (exact) mass is 511 g/mol. The summed E-state index contributed by atoms with van der Waals surface area (Å²) >= 11 is 0. The first-order valence-electron chi connectivity index (χ1n) is 12.0. The number of ether oxygens (including phenoxy) is 1. The molecule has 1 aliphatic rings. The second-order valence-corrected chi connectivity index (χ2v) is 10.6. The van der Waals surface area contributed by atoms with E-state index in [1.165, 1.54) is 28.6 Å². The predicted octanol–water partition coefficient (Wildman–Crippen LogP) is 5.61. The van der Waals surface area contributed by atoms with Crippen LogP contribution in [-0.2, 0) is 21.2 Å². The summed E-state index contributed by atoms with van der Waals surface area (Å²) in [5.74, 6) is -1.15. The molecule has 0 saturated heterocycles. The predicted molar refractivity (Wildman–Crippen MR) is 141 cm³/mol. The molecular weight excluding hydrogens is 486 g/mol. The maximum Gasteiger partial charge on any atom is 0.339 e. The fourth-order valence-electron chi connectivity index (χ4n) is 4.49. The molecule has 1 atom stereocenters. The summed E-state index contributed by atoms with van der Waals surface area (Å²) in [5.41, 5.74) is 2.60. The molecule has 0 spiro atoms. The molecule has 0 aromatic heterocycles. The summed E-state index contributed by atoms with van der Waals surface area (Å²) in [6.45, 7) is 0.357. The molecule has 1 heterocycles. The molecule has 1 aliphatic heterocycles. The number of esters is 1. The molecule has 6 nitrogen and oxygen atoms in total. The number of Topliss-reactive ketones (excluding diaryl/α,β-unsaturated/α-hetero) is 1. The largest absolute Gasteiger partial charge is 0.445 e. The number of benzene rings is 4. The molecule has 5 rings (SSSR count). The lowest BCUT2D eigenvalue weighted by Gasteiger charge is -2.30. The summed E-state index contributed by atoms with van der Waals surface area (Å²) in [6, 6.07) is 30.6. The standard InChI is InChI=1S/C30H25NO5S/c32-28(23-12-3-1-4-13-23)29(24-14-5-2-6-15-24)36-30(33)25-16-9-18-26(21-25)37(34,35)31-20-10-17-22-11-7-8-19-27(22)31/h1-9,11-16,18-19,21,29H,10,17,20H2. The maximum absolute atomic E-state index is 13.6. The Balaban J connectivity index is 1.45. The third kappa shape index (κ3) is 5.04. The van der Waals surface area contributed by atoms with Gasteiger partial charge in [-0.2, -0.15) is 0 Å². The average Bonchev–Trinajstić information content (AvgIpc) is 2.96. The number of nitrogens with zero attached hydrogens (tertiary/aromatic N) is 1. The van der Waals surface area contributed by atoms with Gasteiger partial charge in [-0.3, -0.25) is 9.10 Å². The number of para-hydroxylation sites is 1. The van der Waals surface area contributed by atoms with E-state index < -0.39 is 22.1 Å². The Morgan fingerprint density at radius 2 is 1.41 bits per heavy atom. The van der Waals surface area contributed by atoms with Crippen LogP contribution in [-0.4, -0.2) is 26.7 Å². The van der Waals surface area contributed by atoms with Gasteiger partial charge in [-0.05, 0) is 42.7 Å². The van der Waals surface area contributed by atoms with Crippen molar-refractivity contribution in [2.24, 2.45) is 0 Å². The number of carbonyl (C=O) groups excluding carboxylic acids is 2. The van der Waals surface area contributed by atoms with Crippen molar-refractivity contribution in [2.45, 2.75) is 23.8 Å². The topological polar surface area (TPSA) is 80.8 Å². The Hall–Kier alpha value is -4.23. The minimum Gasteiger partial charge on any atom is -0.445 e.